The van der Waals surface area contributed by atoms with Crippen LogP contribution >= 0.6 is 0 Å². The number of aromatic amines is 1. The van der Waals surface area contributed by atoms with Gasteiger partial charge in [-0.1, -0.05) is 20.3 Å². The van der Waals surface area contributed by atoms with Crippen molar-refractivity contribution in [2.24, 2.45) is 5.92 Å². The lowest BCUT2D eigenvalue weighted by atomic mass is 10.0. The van der Waals surface area contributed by atoms with E-state index in [-0.39, 0.29) is 22.9 Å². The summed E-state index contributed by atoms with van der Waals surface area (Å²) in [5, 5.41) is 2.86. The molecule has 4 nitrogen and oxygen atoms in total. The molecule has 1 aromatic rings. The summed E-state index contributed by atoms with van der Waals surface area (Å²) in [6.07, 6.45) is 3.49. The van der Waals surface area contributed by atoms with Gasteiger partial charge in [0.15, 0.2) is 5.43 Å². The van der Waals surface area contributed by atoms with Gasteiger partial charge in [-0.25, -0.2) is 0 Å². The molecule has 2 N–H and O–H groups in total. The van der Waals surface area contributed by atoms with Crippen LogP contribution in [0.2, 0.25) is 0 Å². The first-order chi connectivity index (χ1) is 8.43. The predicted octanol–water partition coefficient (Wildman–Crippen LogP) is 2.24. The second-order valence-corrected chi connectivity index (χ2v) is 5.02. The molecule has 1 amide bonds. The summed E-state index contributed by atoms with van der Waals surface area (Å²) in [4.78, 5) is 26.5. The minimum atomic E-state index is -0.299. The Bertz CT molecular complexity index is 465. The Morgan fingerprint density at radius 3 is 2.67 bits per heavy atom. The smallest absolute Gasteiger partial charge is 0.256 e. The van der Waals surface area contributed by atoms with Crippen molar-refractivity contribution >= 4 is 5.91 Å². The van der Waals surface area contributed by atoms with Gasteiger partial charge in [0.1, 0.15) is 5.56 Å². The Hall–Kier alpha value is -1.58. The molecule has 0 aliphatic carbocycles. The average Bonchev–Trinajstić information content (AvgIpc) is 2.28. The number of hydrogen-bond donors (Lipinski definition) is 2. The van der Waals surface area contributed by atoms with E-state index in [1.165, 1.54) is 12.3 Å². The van der Waals surface area contributed by atoms with E-state index in [2.05, 4.69) is 24.1 Å². The van der Waals surface area contributed by atoms with E-state index in [0.29, 0.717) is 5.92 Å². The Balaban J connectivity index is 2.68. The number of hydrogen-bond acceptors (Lipinski definition) is 2. The molecular weight excluding hydrogens is 228 g/mol. The fraction of sp³-hybridized carbons (Fsp3) is 0.571. The van der Waals surface area contributed by atoms with Crippen LogP contribution in [0.3, 0.4) is 0 Å². The van der Waals surface area contributed by atoms with Crippen LogP contribution in [0.25, 0.3) is 0 Å². The number of H-pyrrole nitrogens is 1. The lowest BCUT2D eigenvalue weighted by Crippen LogP contribution is -2.36. The Morgan fingerprint density at radius 2 is 2.11 bits per heavy atom. The lowest BCUT2D eigenvalue weighted by molar-refractivity contribution is 0.0934. The van der Waals surface area contributed by atoms with Crippen molar-refractivity contribution in [3.63, 3.8) is 0 Å². The summed E-state index contributed by atoms with van der Waals surface area (Å²) < 4.78 is 0. The Morgan fingerprint density at radius 1 is 1.44 bits per heavy atom. The normalized spacial score (nSPS) is 14.0. The van der Waals surface area contributed by atoms with Crippen LogP contribution < -0.4 is 10.7 Å². The molecule has 18 heavy (non-hydrogen) atoms. The lowest BCUT2D eigenvalue weighted by Gasteiger charge is -2.17. The second kappa shape index (κ2) is 6.38. The van der Waals surface area contributed by atoms with E-state index < -0.39 is 0 Å². The highest BCUT2D eigenvalue weighted by Crippen LogP contribution is 2.09. The van der Waals surface area contributed by atoms with Crippen LogP contribution in [-0.2, 0) is 0 Å². The SMILES string of the molecule is CCC(C)CC(C)NC(=O)c1c[nH]c(C)cc1=O. The van der Waals surface area contributed by atoms with Gasteiger partial charge in [-0.05, 0) is 26.2 Å². The molecule has 4 heteroatoms. The molecular formula is C14H22N2O2. The van der Waals surface area contributed by atoms with Gasteiger partial charge in [-0.2, -0.15) is 0 Å². The zero-order valence-corrected chi connectivity index (χ0v) is 11.5. The maximum atomic E-state index is 11.9. The summed E-state index contributed by atoms with van der Waals surface area (Å²) in [6.45, 7) is 8.03. The molecule has 0 aliphatic heterocycles. The first-order valence-electron chi connectivity index (χ1n) is 6.44. The Labute approximate surface area is 108 Å². The van der Waals surface area contributed by atoms with Crippen molar-refractivity contribution < 1.29 is 4.79 Å². The quantitative estimate of drug-likeness (QED) is 0.841. The molecule has 0 saturated heterocycles. The zero-order chi connectivity index (χ0) is 13.7. The molecule has 100 valence electrons. The molecule has 2 atom stereocenters. The van der Waals surface area contributed by atoms with Crippen molar-refractivity contribution in [1.29, 1.82) is 0 Å². The maximum Gasteiger partial charge on any atom is 0.256 e. The van der Waals surface area contributed by atoms with E-state index in [1.54, 1.807) is 6.92 Å². The predicted molar refractivity (Wildman–Crippen MR) is 72.8 cm³/mol. The minimum Gasteiger partial charge on any atom is -0.364 e. The molecule has 0 aromatic carbocycles. The molecule has 0 saturated carbocycles. The van der Waals surface area contributed by atoms with Gasteiger partial charge < -0.3 is 10.3 Å². The number of pyridine rings is 1. The number of amides is 1. The first-order valence-corrected chi connectivity index (χ1v) is 6.44. The number of aromatic nitrogens is 1. The monoisotopic (exact) mass is 250 g/mol. The highest BCUT2D eigenvalue weighted by Gasteiger charge is 2.14. The molecule has 1 rings (SSSR count). The van der Waals surface area contributed by atoms with Crippen LogP contribution in [0.4, 0.5) is 0 Å². The minimum absolute atomic E-state index is 0.0770. The topological polar surface area (TPSA) is 62.0 Å². The third-order valence-electron chi connectivity index (χ3n) is 3.13. The third kappa shape index (κ3) is 4.02. The first kappa shape index (κ1) is 14.5. The van der Waals surface area contributed by atoms with Gasteiger partial charge in [-0.15, -0.1) is 0 Å². The molecule has 0 fully saturated rings. The van der Waals surface area contributed by atoms with Gasteiger partial charge in [0.05, 0.1) is 0 Å². The molecule has 1 aromatic heterocycles. The molecule has 1 heterocycles. The highest BCUT2D eigenvalue weighted by molar-refractivity contribution is 5.93. The van der Waals surface area contributed by atoms with Gasteiger partial charge in [0.25, 0.3) is 5.91 Å². The fourth-order valence-electron chi connectivity index (χ4n) is 1.88. The van der Waals surface area contributed by atoms with Crippen molar-refractivity contribution in [2.75, 3.05) is 0 Å². The van der Waals surface area contributed by atoms with Crippen LogP contribution in [-0.4, -0.2) is 16.9 Å². The van der Waals surface area contributed by atoms with Crippen molar-refractivity contribution in [3.05, 3.63) is 33.7 Å². The van der Waals surface area contributed by atoms with Crippen LogP contribution in [0, 0.1) is 12.8 Å². The van der Waals surface area contributed by atoms with Crippen molar-refractivity contribution in [2.45, 2.75) is 46.6 Å². The number of carbonyl (C=O) groups excluding carboxylic acids is 1. The van der Waals surface area contributed by atoms with E-state index >= 15 is 0 Å². The number of nitrogens with one attached hydrogen (secondary N) is 2. The van der Waals surface area contributed by atoms with Gasteiger partial charge in [0, 0.05) is 24.0 Å². The number of rotatable bonds is 5. The van der Waals surface area contributed by atoms with E-state index in [4.69, 9.17) is 0 Å². The summed E-state index contributed by atoms with van der Waals surface area (Å²) in [5.41, 5.74) is 0.695. The second-order valence-electron chi connectivity index (χ2n) is 5.02. The number of aryl methyl sites for hydroxylation is 1. The fourth-order valence-corrected chi connectivity index (χ4v) is 1.88. The van der Waals surface area contributed by atoms with Gasteiger partial charge in [-0.3, -0.25) is 9.59 Å². The number of carbonyl (C=O) groups is 1. The molecule has 0 aliphatic rings. The summed E-state index contributed by atoms with van der Waals surface area (Å²) in [7, 11) is 0. The van der Waals surface area contributed by atoms with Gasteiger partial charge >= 0.3 is 0 Å². The van der Waals surface area contributed by atoms with Crippen LogP contribution in [0.5, 0.6) is 0 Å². The largest absolute Gasteiger partial charge is 0.364 e. The Kier molecular flexibility index (Phi) is 5.13. The molecule has 0 bridgehead atoms. The zero-order valence-electron chi connectivity index (χ0n) is 11.5. The summed E-state index contributed by atoms with van der Waals surface area (Å²) in [5.74, 6) is 0.267. The van der Waals surface area contributed by atoms with Crippen molar-refractivity contribution in [1.82, 2.24) is 10.3 Å². The standard InChI is InChI=1S/C14H22N2O2/c1-5-9(2)6-11(4)16-14(18)12-8-15-10(3)7-13(12)17/h7-9,11H,5-6H2,1-4H3,(H,15,17)(H,16,18). The summed E-state index contributed by atoms with van der Waals surface area (Å²) in [6, 6.07) is 1.52. The van der Waals surface area contributed by atoms with E-state index in [9.17, 15) is 9.59 Å². The van der Waals surface area contributed by atoms with E-state index in [0.717, 1.165) is 18.5 Å². The maximum absolute atomic E-state index is 11.9. The average molecular weight is 250 g/mol. The van der Waals surface area contributed by atoms with Crippen molar-refractivity contribution in [3.8, 4) is 0 Å². The molecule has 0 spiro atoms. The molecule has 0 radical (unpaired) electrons. The molecule has 2 unspecified atom stereocenters. The summed E-state index contributed by atoms with van der Waals surface area (Å²) >= 11 is 0. The highest BCUT2D eigenvalue weighted by atomic mass is 16.2. The third-order valence-corrected chi connectivity index (χ3v) is 3.13. The van der Waals surface area contributed by atoms with E-state index in [1.807, 2.05) is 6.92 Å². The van der Waals surface area contributed by atoms with Crippen LogP contribution in [0.15, 0.2) is 17.1 Å². The van der Waals surface area contributed by atoms with Crippen LogP contribution in [0.1, 0.15) is 49.7 Å². The van der Waals surface area contributed by atoms with Gasteiger partial charge in [0.2, 0.25) is 0 Å².